The maximum absolute atomic E-state index is 12.2. The smallest absolute Gasteiger partial charge is 0.308 e. The van der Waals surface area contributed by atoms with E-state index in [-0.39, 0.29) is 18.4 Å². The van der Waals surface area contributed by atoms with Crippen LogP contribution in [-0.2, 0) is 16.1 Å². The lowest BCUT2D eigenvalue weighted by molar-refractivity contribution is -0.143. The molecule has 102 valence electrons. The van der Waals surface area contributed by atoms with Crippen molar-refractivity contribution in [1.29, 1.82) is 0 Å². The summed E-state index contributed by atoms with van der Waals surface area (Å²) in [6.45, 7) is 2.34. The normalized spacial score (nSPS) is 15.8. The number of carbonyl (C=O) groups excluding carboxylic acids is 1. The minimum atomic E-state index is -0.872. The Bertz CT molecular complexity index is 457. The zero-order valence-electron chi connectivity index (χ0n) is 11.0. The molecule has 0 aromatic carbocycles. The van der Waals surface area contributed by atoms with Gasteiger partial charge in [0.05, 0.1) is 5.92 Å². The van der Waals surface area contributed by atoms with Crippen molar-refractivity contribution < 1.29 is 14.7 Å². The standard InChI is InChI=1S/C14H18N2O3/c1-10(14(18)19)8-16(13(17)12-2-3-12)9-11-4-6-15-7-5-11/h4-7,10,12H,2-3,8-9H2,1H3,(H,18,19). The monoisotopic (exact) mass is 262 g/mol. The number of aliphatic carboxylic acids is 1. The molecule has 1 aromatic rings. The Morgan fingerprint density at radius 3 is 2.58 bits per heavy atom. The fraction of sp³-hybridized carbons (Fsp3) is 0.500. The average molecular weight is 262 g/mol. The highest BCUT2D eigenvalue weighted by molar-refractivity contribution is 5.81. The molecule has 0 saturated heterocycles. The topological polar surface area (TPSA) is 70.5 Å². The number of rotatable bonds is 6. The number of aromatic nitrogens is 1. The van der Waals surface area contributed by atoms with Gasteiger partial charge in [0, 0.05) is 31.4 Å². The number of carboxylic acid groups (broad SMARTS) is 1. The quantitative estimate of drug-likeness (QED) is 0.844. The van der Waals surface area contributed by atoms with Crippen LogP contribution in [-0.4, -0.2) is 33.4 Å². The first-order chi connectivity index (χ1) is 9.08. The molecule has 1 aromatic heterocycles. The summed E-state index contributed by atoms with van der Waals surface area (Å²) in [5, 5.41) is 8.99. The lowest BCUT2D eigenvalue weighted by atomic mass is 10.1. The number of carbonyl (C=O) groups is 2. The van der Waals surface area contributed by atoms with E-state index in [4.69, 9.17) is 5.11 Å². The van der Waals surface area contributed by atoms with Crippen molar-refractivity contribution in [2.45, 2.75) is 26.3 Å². The molecule has 1 aliphatic carbocycles. The second-order valence-electron chi connectivity index (χ2n) is 5.09. The third-order valence-corrected chi connectivity index (χ3v) is 3.28. The second-order valence-corrected chi connectivity index (χ2v) is 5.09. The Balaban J connectivity index is 2.05. The van der Waals surface area contributed by atoms with Crippen LogP contribution in [0.3, 0.4) is 0 Å². The van der Waals surface area contributed by atoms with Crippen molar-refractivity contribution in [1.82, 2.24) is 9.88 Å². The van der Waals surface area contributed by atoms with E-state index in [1.807, 2.05) is 12.1 Å². The molecule has 2 rings (SSSR count). The minimum absolute atomic E-state index is 0.0740. The molecule has 0 aliphatic heterocycles. The van der Waals surface area contributed by atoms with Gasteiger partial charge in [-0.1, -0.05) is 6.92 Å². The van der Waals surface area contributed by atoms with Crippen LogP contribution >= 0.6 is 0 Å². The van der Waals surface area contributed by atoms with Gasteiger partial charge in [0.15, 0.2) is 0 Å². The second kappa shape index (κ2) is 5.82. The number of pyridine rings is 1. The maximum Gasteiger partial charge on any atom is 0.308 e. The fourth-order valence-corrected chi connectivity index (χ4v) is 1.94. The third kappa shape index (κ3) is 3.77. The largest absolute Gasteiger partial charge is 0.481 e. The first-order valence-electron chi connectivity index (χ1n) is 6.48. The molecule has 0 spiro atoms. The Hall–Kier alpha value is -1.91. The summed E-state index contributed by atoms with van der Waals surface area (Å²) in [6, 6.07) is 3.69. The highest BCUT2D eigenvalue weighted by atomic mass is 16.4. The number of nitrogens with zero attached hydrogens (tertiary/aromatic N) is 2. The molecule has 1 heterocycles. The van der Waals surface area contributed by atoms with Gasteiger partial charge in [-0.2, -0.15) is 0 Å². The third-order valence-electron chi connectivity index (χ3n) is 3.28. The predicted molar refractivity (Wildman–Crippen MR) is 69.2 cm³/mol. The molecule has 0 radical (unpaired) electrons. The van der Waals surface area contributed by atoms with Crippen molar-refractivity contribution in [2.75, 3.05) is 6.54 Å². The van der Waals surface area contributed by atoms with Gasteiger partial charge in [0.1, 0.15) is 0 Å². The average Bonchev–Trinajstić information content (AvgIpc) is 3.22. The lowest BCUT2D eigenvalue weighted by Crippen LogP contribution is -2.37. The Kier molecular flexibility index (Phi) is 4.14. The maximum atomic E-state index is 12.2. The fourth-order valence-electron chi connectivity index (χ4n) is 1.94. The predicted octanol–water partition coefficient (Wildman–Crippen LogP) is 1.54. The van der Waals surface area contributed by atoms with Crippen molar-refractivity contribution in [3.8, 4) is 0 Å². The molecule has 1 N–H and O–H groups in total. The molecule has 1 fully saturated rings. The van der Waals surface area contributed by atoms with E-state index < -0.39 is 11.9 Å². The van der Waals surface area contributed by atoms with E-state index in [0.717, 1.165) is 18.4 Å². The summed E-state index contributed by atoms with van der Waals surface area (Å²) in [4.78, 5) is 28.7. The van der Waals surface area contributed by atoms with Crippen LogP contribution in [0.2, 0.25) is 0 Å². The number of amides is 1. The molecular weight excluding hydrogens is 244 g/mol. The summed E-state index contributed by atoms with van der Waals surface area (Å²) < 4.78 is 0. The number of hydrogen-bond acceptors (Lipinski definition) is 3. The SMILES string of the molecule is CC(CN(Cc1ccncc1)C(=O)C1CC1)C(=O)O. The van der Waals surface area contributed by atoms with E-state index in [2.05, 4.69) is 4.98 Å². The summed E-state index contributed by atoms with van der Waals surface area (Å²) in [6.07, 6.45) is 5.20. The van der Waals surface area contributed by atoms with Gasteiger partial charge in [-0.25, -0.2) is 0 Å². The van der Waals surface area contributed by atoms with Gasteiger partial charge in [0.2, 0.25) is 5.91 Å². The van der Waals surface area contributed by atoms with Crippen molar-refractivity contribution in [3.05, 3.63) is 30.1 Å². The van der Waals surface area contributed by atoms with Gasteiger partial charge in [-0.05, 0) is 30.5 Å². The molecule has 19 heavy (non-hydrogen) atoms. The van der Waals surface area contributed by atoms with Crippen molar-refractivity contribution >= 4 is 11.9 Å². The molecule has 1 saturated carbocycles. The molecular formula is C14H18N2O3. The van der Waals surface area contributed by atoms with Gasteiger partial charge < -0.3 is 10.0 Å². The number of carboxylic acids is 1. The van der Waals surface area contributed by atoms with Gasteiger partial charge >= 0.3 is 5.97 Å². The summed E-state index contributed by atoms with van der Waals surface area (Å²) >= 11 is 0. The summed E-state index contributed by atoms with van der Waals surface area (Å²) in [5.74, 6) is -1.25. The van der Waals surface area contributed by atoms with E-state index in [9.17, 15) is 9.59 Å². The molecule has 1 atom stereocenters. The van der Waals surface area contributed by atoms with Crippen LogP contribution in [0.1, 0.15) is 25.3 Å². The highest BCUT2D eigenvalue weighted by Gasteiger charge is 2.34. The highest BCUT2D eigenvalue weighted by Crippen LogP contribution is 2.31. The van der Waals surface area contributed by atoms with Gasteiger partial charge in [-0.15, -0.1) is 0 Å². The van der Waals surface area contributed by atoms with Crippen LogP contribution in [0.15, 0.2) is 24.5 Å². The zero-order chi connectivity index (χ0) is 13.8. The van der Waals surface area contributed by atoms with E-state index in [1.165, 1.54) is 0 Å². The molecule has 1 unspecified atom stereocenters. The van der Waals surface area contributed by atoms with E-state index in [1.54, 1.807) is 24.2 Å². The molecule has 0 bridgehead atoms. The molecule has 5 heteroatoms. The van der Waals surface area contributed by atoms with Crippen LogP contribution in [0.25, 0.3) is 0 Å². The molecule has 5 nitrogen and oxygen atoms in total. The van der Waals surface area contributed by atoms with E-state index in [0.29, 0.717) is 6.54 Å². The Morgan fingerprint density at radius 1 is 1.42 bits per heavy atom. The van der Waals surface area contributed by atoms with Crippen LogP contribution in [0.4, 0.5) is 0 Å². The minimum Gasteiger partial charge on any atom is -0.481 e. The summed E-state index contributed by atoms with van der Waals surface area (Å²) in [7, 11) is 0. The first-order valence-corrected chi connectivity index (χ1v) is 6.48. The Labute approximate surface area is 112 Å². The molecule has 1 amide bonds. The van der Waals surface area contributed by atoms with Gasteiger partial charge in [-0.3, -0.25) is 14.6 Å². The molecule has 1 aliphatic rings. The number of hydrogen-bond donors (Lipinski definition) is 1. The zero-order valence-corrected chi connectivity index (χ0v) is 11.0. The summed E-state index contributed by atoms with van der Waals surface area (Å²) in [5.41, 5.74) is 0.974. The first kappa shape index (κ1) is 13.5. The van der Waals surface area contributed by atoms with Crippen molar-refractivity contribution in [3.63, 3.8) is 0 Å². The lowest BCUT2D eigenvalue weighted by Gasteiger charge is -2.24. The van der Waals surface area contributed by atoms with Crippen LogP contribution < -0.4 is 0 Å². The van der Waals surface area contributed by atoms with Gasteiger partial charge in [0.25, 0.3) is 0 Å². The van der Waals surface area contributed by atoms with Crippen LogP contribution in [0, 0.1) is 11.8 Å². The van der Waals surface area contributed by atoms with Crippen molar-refractivity contribution in [2.24, 2.45) is 11.8 Å². The Morgan fingerprint density at radius 2 is 2.05 bits per heavy atom. The van der Waals surface area contributed by atoms with Crippen LogP contribution in [0.5, 0.6) is 0 Å². The van der Waals surface area contributed by atoms with E-state index >= 15 is 0 Å².